The molecule has 1 aliphatic rings. The first-order chi connectivity index (χ1) is 10.8. The second-order valence-electron chi connectivity index (χ2n) is 5.87. The third-order valence-electron chi connectivity index (χ3n) is 4.19. The number of likely N-dealkylation sites (tertiary alicyclic amines) is 1. The average Bonchev–Trinajstić information content (AvgIpc) is 3.08. The summed E-state index contributed by atoms with van der Waals surface area (Å²) in [7, 11) is 0. The Kier molecular flexibility index (Phi) is 4.53. The predicted molar refractivity (Wildman–Crippen MR) is 83.5 cm³/mol. The summed E-state index contributed by atoms with van der Waals surface area (Å²) in [4.78, 5) is 18.4. The van der Waals surface area contributed by atoms with Crippen LogP contribution in [0.4, 0.5) is 0 Å². The number of amides is 1. The highest BCUT2D eigenvalue weighted by Gasteiger charge is 2.23. The van der Waals surface area contributed by atoms with Gasteiger partial charge in [0.15, 0.2) is 0 Å². The molecule has 5 nitrogen and oxygen atoms in total. The van der Waals surface area contributed by atoms with E-state index in [2.05, 4.69) is 4.98 Å². The third-order valence-corrected chi connectivity index (χ3v) is 4.19. The number of benzene rings is 1. The van der Waals surface area contributed by atoms with Gasteiger partial charge < -0.3 is 14.6 Å². The van der Waals surface area contributed by atoms with E-state index in [-0.39, 0.29) is 18.4 Å². The summed E-state index contributed by atoms with van der Waals surface area (Å²) in [5.41, 5.74) is 1.86. The minimum absolute atomic E-state index is 0.0623. The fourth-order valence-electron chi connectivity index (χ4n) is 2.92. The van der Waals surface area contributed by atoms with E-state index in [0.29, 0.717) is 12.1 Å². The third kappa shape index (κ3) is 3.36. The van der Waals surface area contributed by atoms with Crippen LogP contribution in [-0.4, -0.2) is 45.2 Å². The maximum absolute atomic E-state index is 12.5. The molecule has 5 heteroatoms. The molecule has 0 bridgehead atoms. The van der Waals surface area contributed by atoms with Crippen molar-refractivity contribution in [2.75, 3.05) is 19.7 Å². The highest BCUT2D eigenvalue weighted by molar-refractivity contribution is 5.94. The normalized spacial score (nSPS) is 18.4. The van der Waals surface area contributed by atoms with Gasteiger partial charge in [0.1, 0.15) is 0 Å². The largest absolute Gasteiger partial charge is 0.396 e. The number of piperidine rings is 1. The van der Waals surface area contributed by atoms with Gasteiger partial charge >= 0.3 is 0 Å². The molecule has 116 valence electrons. The van der Waals surface area contributed by atoms with Gasteiger partial charge in [-0.15, -0.1) is 0 Å². The molecule has 1 N–H and O–H groups in total. The number of carbonyl (C=O) groups is 1. The number of imidazole rings is 1. The van der Waals surface area contributed by atoms with E-state index < -0.39 is 0 Å². The Labute approximate surface area is 130 Å². The van der Waals surface area contributed by atoms with Crippen LogP contribution >= 0.6 is 0 Å². The number of aliphatic hydroxyl groups excluding tert-OH is 1. The maximum atomic E-state index is 12.5. The summed E-state index contributed by atoms with van der Waals surface area (Å²) in [5, 5.41) is 9.27. The zero-order chi connectivity index (χ0) is 15.4. The molecule has 1 aliphatic heterocycles. The molecule has 1 fully saturated rings. The van der Waals surface area contributed by atoms with Crippen LogP contribution in [0, 0.1) is 5.92 Å². The first kappa shape index (κ1) is 14.8. The Bertz CT molecular complexity index is 607. The van der Waals surface area contributed by atoms with Crippen molar-refractivity contribution in [3.63, 3.8) is 0 Å². The summed E-state index contributed by atoms with van der Waals surface area (Å²) in [6, 6.07) is 7.75. The van der Waals surface area contributed by atoms with Crippen molar-refractivity contribution in [1.82, 2.24) is 14.5 Å². The second kappa shape index (κ2) is 6.75. The SMILES string of the molecule is O=C(c1ccc(Cn2ccnc2)cc1)N1CCCC(CO)C1. The van der Waals surface area contributed by atoms with Crippen molar-refractivity contribution in [3.05, 3.63) is 54.1 Å². The Morgan fingerprint density at radius 2 is 2.14 bits per heavy atom. The van der Waals surface area contributed by atoms with Gasteiger partial charge in [0.25, 0.3) is 5.91 Å². The van der Waals surface area contributed by atoms with Crippen LogP contribution < -0.4 is 0 Å². The molecule has 1 amide bonds. The van der Waals surface area contributed by atoms with Crippen LogP contribution in [-0.2, 0) is 6.54 Å². The van der Waals surface area contributed by atoms with Gasteiger partial charge in [0.2, 0.25) is 0 Å². The highest BCUT2D eigenvalue weighted by Crippen LogP contribution is 2.18. The summed E-state index contributed by atoms with van der Waals surface area (Å²) >= 11 is 0. The smallest absolute Gasteiger partial charge is 0.253 e. The summed E-state index contributed by atoms with van der Waals surface area (Å²) in [6.07, 6.45) is 7.43. The lowest BCUT2D eigenvalue weighted by atomic mass is 9.98. The number of hydrogen-bond donors (Lipinski definition) is 1. The number of rotatable bonds is 4. The Balaban J connectivity index is 1.65. The fraction of sp³-hybridized carbons (Fsp3) is 0.412. The van der Waals surface area contributed by atoms with Gasteiger partial charge in [-0.25, -0.2) is 4.98 Å². The molecule has 2 aromatic rings. The first-order valence-corrected chi connectivity index (χ1v) is 7.71. The molecule has 1 atom stereocenters. The summed E-state index contributed by atoms with van der Waals surface area (Å²) < 4.78 is 1.99. The Hall–Kier alpha value is -2.14. The minimum Gasteiger partial charge on any atom is -0.396 e. The van der Waals surface area contributed by atoms with Crippen molar-refractivity contribution in [3.8, 4) is 0 Å². The molecular formula is C17H21N3O2. The second-order valence-corrected chi connectivity index (χ2v) is 5.87. The standard InChI is InChI=1S/C17H21N3O2/c21-12-15-2-1-8-20(11-15)17(22)16-5-3-14(4-6-16)10-19-9-7-18-13-19/h3-7,9,13,15,21H,1-2,8,10-12H2. The lowest BCUT2D eigenvalue weighted by molar-refractivity contribution is 0.0620. The number of carbonyl (C=O) groups excluding carboxylic acids is 1. The molecule has 22 heavy (non-hydrogen) atoms. The Morgan fingerprint density at radius 1 is 1.32 bits per heavy atom. The molecule has 0 aliphatic carbocycles. The summed E-state index contributed by atoms with van der Waals surface area (Å²) in [5.74, 6) is 0.283. The molecule has 1 aromatic carbocycles. The number of aromatic nitrogens is 2. The van der Waals surface area contributed by atoms with Gasteiger partial charge in [-0.05, 0) is 36.5 Å². The van der Waals surface area contributed by atoms with Crippen molar-refractivity contribution in [1.29, 1.82) is 0 Å². The van der Waals surface area contributed by atoms with Crippen molar-refractivity contribution < 1.29 is 9.90 Å². The van der Waals surface area contributed by atoms with Crippen LogP contribution in [0.15, 0.2) is 43.0 Å². The molecular weight excluding hydrogens is 278 g/mol. The van der Waals surface area contributed by atoms with E-state index in [4.69, 9.17) is 0 Å². The van der Waals surface area contributed by atoms with E-state index in [9.17, 15) is 9.90 Å². The van der Waals surface area contributed by atoms with E-state index in [1.807, 2.05) is 39.9 Å². The van der Waals surface area contributed by atoms with E-state index in [0.717, 1.165) is 31.5 Å². The van der Waals surface area contributed by atoms with Crippen LogP contribution in [0.1, 0.15) is 28.8 Å². The number of aliphatic hydroxyl groups is 1. The molecule has 2 heterocycles. The van der Waals surface area contributed by atoms with Crippen LogP contribution in [0.25, 0.3) is 0 Å². The fourth-order valence-corrected chi connectivity index (χ4v) is 2.92. The van der Waals surface area contributed by atoms with E-state index in [1.54, 1.807) is 12.5 Å². The summed E-state index contributed by atoms with van der Waals surface area (Å²) in [6.45, 7) is 2.36. The molecule has 1 unspecified atom stereocenters. The minimum atomic E-state index is 0.0623. The quantitative estimate of drug-likeness (QED) is 0.936. The number of nitrogens with zero attached hydrogens (tertiary/aromatic N) is 3. The van der Waals surface area contributed by atoms with E-state index in [1.165, 1.54) is 0 Å². The molecule has 0 spiro atoms. The zero-order valence-corrected chi connectivity index (χ0v) is 12.6. The van der Waals surface area contributed by atoms with Crippen molar-refractivity contribution in [2.45, 2.75) is 19.4 Å². The molecule has 1 aromatic heterocycles. The predicted octanol–water partition coefficient (Wildman–Crippen LogP) is 1.78. The van der Waals surface area contributed by atoms with Gasteiger partial charge in [-0.2, -0.15) is 0 Å². The van der Waals surface area contributed by atoms with Crippen molar-refractivity contribution >= 4 is 5.91 Å². The van der Waals surface area contributed by atoms with Gasteiger partial charge in [-0.3, -0.25) is 4.79 Å². The van der Waals surface area contributed by atoms with Crippen LogP contribution in [0.2, 0.25) is 0 Å². The van der Waals surface area contributed by atoms with Gasteiger partial charge in [0, 0.05) is 44.2 Å². The lowest BCUT2D eigenvalue weighted by Crippen LogP contribution is -2.40. The Morgan fingerprint density at radius 3 is 2.82 bits per heavy atom. The lowest BCUT2D eigenvalue weighted by Gasteiger charge is -2.32. The molecule has 0 saturated carbocycles. The number of hydrogen-bond acceptors (Lipinski definition) is 3. The van der Waals surface area contributed by atoms with Gasteiger partial charge in [0.05, 0.1) is 6.33 Å². The van der Waals surface area contributed by atoms with Crippen LogP contribution in [0.5, 0.6) is 0 Å². The van der Waals surface area contributed by atoms with Crippen LogP contribution in [0.3, 0.4) is 0 Å². The van der Waals surface area contributed by atoms with Gasteiger partial charge in [-0.1, -0.05) is 12.1 Å². The van der Waals surface area contributed by atoms with Crippen molar-refractivity contribution in [2.24, 2.45) is 5.92 Å². The average molecular weight is 299 g/mol. The monoisotopic (exact) mass is 299 g/mol. The molecule has 3 rings (SSSR count). The molecule has 0 radical (unpaired) electrons. The first-order valence-electron chi connectivity index (χ1n) is 7.71. The molecule has 1 saturated heterocycles. The topological polar surface area (TPSA) is 58.4 Å². The maximum Gasteiger partial charge on any atom is 0.253 e. The highest BCUT2D eigenvalue weighted by atomic mass is 16.3. The van der Waals surface area contributed by atoms with E-state index >= 15 is 0 Å². The zero-order valence-electron chi connectivity index (χ0n) is 12.6.